The standard InChI is InChI=1S/C16H10N4O2Se/c17-9-12-1-5-14(6-2-12)16(19-11-23)18-10-13-3-7-15(8-4-13)20(21)22/h1-8H,10H2. The van der Waals surface area contributed by atoms with Gasteiger partial charge in [0.05, 0.1) is 0 Å². The van der Waals surface area contributed by atoms with Crippen LogP contribution in [0.25, 0.3) is 0 Å². The number of nitrogens with zero attached hydrogens (tertiary/aromatic N) is 4. The Morgan fingerprint density at radius 3 is 2.35 bits per heavy atom. The summed E-state index contributed by atoms with van der Waals surface area (Å²) in [6.45, 7) is 0.332. The van der Waals surface area contributed by atoms with Gasteiger partial charge in [-0.25, -0.2) is 0 Å². The maximum atomic E-state index is 10.6. The molecular formula is C16H10N4O2Se. The number of rotatable bonds is 4. The average Bonchev–Trinajstić information content (AvgIpc) is 2.59. The van der Waals surface area contributed by atoms with Gasteiger partial charge in [-0.15, -0.1) is 0 Å². The molecule has 0 heterocycles. The van der Waals surface area contributed by atoms with E-state index in [-0.39, 0.29) is 5.69 Å². The molecule has 7 heteroatoms. The fraction of sp³-hybridized carbons (Fsp3) is 0.0625. The number of hydrogen-bond acceptors (Lipinski definition) is 4. The second kappa shape index (κ2) is 7.92. The van der Waals surface area contributed by atoms with E-state index in [1.807, 2.05) is 0 Å². The molecule has 0 aliphatic rings. The molecule has 2 rings (SSSR count). The van der Waals surface area contributed by atoms with E-state index in [9.17, 15) is 10.1 Å². The van der Waals surface area contributed by atoms with Crippen molar-refractivity contribution in [3.8, 4) is 6.07 Å². The Bertz CT molecular complexity index is 830. The Balaban J connectivity index is 2.23. The van der Waals surface area contributed by atoms with E-state index in [1.165, 1.54) is 12.1 Å². The zero-order chi connectivity index (χ0) is 16.7. The Morgan fingerprint density at radius 2 is 1.83 bits per heavy atom. The van der Waals surface area contributed by atoms with E-state index in [0.717, 1.165) is 11.1 Å². The van der Waals surface area contributed by atoms with Crippen molar-refractivity contribution in [2.45, 2.75) is 6.54 Å². The summed E-state index contributed by atoms with van der Waals surface area (Å²) >= 11 is 2.56. The molecule has 0 bridgehead atoms. The summed E-state index contributed by atoms with van der Waals surface area (Å²) in [6, 6.07) is 15.1. The zero-order valence-electron chi connectivity index (χ0n) is 11.8. The molecule has 112 valence electrons. The van der Waals surface area contributed by atoms with Gasteiger partial charge in [-0.3, -0.25) is 0 Å². The number of aliphatic imine (C=N–C) groups is 2. The first-order valence-corrected chi connectivity index (χ1v) is 7.36. The minimum atomic E-state index is -0.443. The van der Waals surface area contributed by atoms with Crippen molar-refractivity contribution < 1.29 is 4.92 Å². The molecule has 6 nitrogen and oxygen atoms in total. The van der Waals surface area contributed by atoms with Crippen molar-refractivity contribution >= 4 is 31.8 Å². The average molecular weight is 369 g/mol. The second-order valence-corrected chi connectivity index (χ2v) is 4.84. The zero-order valence-corrected chi connectivity index (χ0v) is 13.6. The fourth-order valence-corrected chi connectivity index (χ4v) is 2.00. The summed E-state index contributed by atoms with van der Waals surface area (Å²) in [7, 11) is 0. The summed E-state index contributed by atoms with van der Waals surface area (Å²) in [5, 5.41) is 19.4. The molecular weight excluding hydrogens is 359 g/mol. The van der Waals surface area contributed by atoms with Crippen LogP contribution in [0.15, 0.2) is 58.5 Å². The van der Waals surface area contributed by atoms with E-state index in [4.69, 9.17) is 5.26 Å². The van der Waals surface area contributed by atoms with Crippen LogP contribution >= 0.6 is 0 Å². The molecule has 0 aliphatic heterocycles. The van der Waals surface area contributed by atoms with E-state index in [0.29, 0.717) is 17.9 Å². The van der Waals surface area contributed by atoms with Crippen LogP contribution in [0.2, 0.25) is 0 Å². The molecule has 0 aromatic heterocycles. The van der Waals surface area contributed by atoms with Crippen LogP contribution in [0.1, 0.15) is 16.7 Å². The molecule has 0 fully saturated rings. The number of benzene rings is 2. The first-order chi connectivity index (χ1) is 11.1. The second-order valence-electron chi connectivity index (χ2n) is 4.46. The molecule has 0 N–H and O–H groups in total. The normalized spacial score (nSPS) is 10.5. The number of hydrogen-bond donors (Lipinski definition) is 0. The molecule has 0 unspecified atom stereocenters. The summed E-state index contributed by atoms with van der Waals surface area (Å²) < 4.78 is 2.57. The van der Waals surface area contributed by atoms with Crippen LogP contribution in [-0.2, 0) is 6.54 Å². The summed E-state index contributed by atoms with van der Waals surface area (Å²) in [4.78, 5) is 18.6. The van der Waals surface area contributed by atoms with Gasteiger partial charge in [0.2, 0.25) is 0 Å². The molecule has 0 radical (unpaired) electrons. The molecule has 23 heavy (non-hydrogen) atoms. The van der Waals surface area contributed by atoms with Crippen molar-refractivity contribution in [2.24, 2.45) is 9.98 Å². The van der Waals surface area contributed by atoms with Gasteiger partial charge in [-0.2, -0.15) is 0 Å². The first-order valence-electron chi connectivity index (χ1n) is 6.50. The van der Waals surface area contributed by atoms with Crippen LogP contribution < -0.4 is 0 Å². The Hall–Kier alpha value is -2.90. The summed E-state index contributed by atoms with van der Waals surface area (Å²) in [5.41, 5.74) is 2.18. The topological polar surface area (TPSA) is 91.7 Å². The van der Waals surface area contributed by atoms with Crippen LogP contribution in [0.4, 0.5) is 5.69 Å². The predicted molar refractivity (Wildman–Crippen MR) is 87.7 cm³/mol. The van der Waals surface area contributed by atoms with Crippen LogP contribution in [-0.4, -0.2) is 31.0 Å². The molecule has 0 saturated carbocycles. The summed E-state index contributed by atoms with van der Waals surface area (Å²) in [6.07, 6.45) is 0. The van der Waals surface area contributed by atoms with Crippen molar-refractivity contribution in [3.63, 3.8) is 0 Å². The molecule has 0 saturated heterocycles. The molecule has 0 spiro atoms. The third-order valence-electron chi connectivity index (χ3n) is 2.98. The van der Waals surface area contributed by atoms with Crippen LogP contribution in [0.3, 0.4) is 0 Å². The van der Waals surface area contributed by atoms with Crippen molar-refractivity contribution in [2.75, 3.05) is 0 Å². The number of nitro groups is 1. The van der Waals surface area contributed by atoms with E-state index < -0.39 is 4.92 Å². The monoisotopic (exact) mass is 370 g/mol. The third kappa shape index (κ3) is 4.53. The van der Waals surface area contributed by atoms with Crippen molar-refractivity contribution in [1.29, 1.82) is 5.26 Å². The van der Waals surface area contributed by atoms with Crippen LogP contribution in [0.5, 0.6) is 0 Å². The van der Waals surface area contributed by atoms with Gasteiger partial charge in [0.1, 0.15) is 0 Å². The third-order valence-corrected chi connectivity index (χ3v) is 3.17. The van der Waals surface area contributed by atoms with Gasteiger partial charge < -0.3 is 0 Å². The van der Waals surface area contributed by atoms with Crippen molar-refractivity contribution in [3.05, 3.63) is 75.3 Å². The van der Waals surface area contributed by atoms with Gasteiger partial charge in [0, 0.05) is 0 Å². The summed E-state index contributed by atoms with van der Waals surface area (Å²) in [5.74, 6) is 0.464. The SMILES string of the molecule is N#Cc1ccc(C(N=C=[Se])=NCc2ccc([N+](=O)[O-])cc2)cc1. The Kier molecular flexibility index (Phi) is 5.67. The van der Waals surface area contributed by atoms with Gasteiger partial charge in [0.25, 0.3) is 0 Å². The quantitative estimate of drug-likeness (QED) is 0.273. The number of non-ortho nitro benzene ring substituents is 1. The Morgan fingerprint density at radius 1 is 1.17 bits per heavy atom. The van der Waals surface area contributed by atoms with Gasteiger partial charge >= 0.3 is 140 Å². The molecule has 0 atom stereocenters. The minimum absolute atomic E-state index is 0.0413. The van der Waals surface area contributed by atoms with Gasteiger partial charge in [-0.1, -0.05) is 0 Å². The predicted octanol–water partition coefficient (Wildman–Crippen LogP) is 2.49. The first kappa shape index (κ1) is 16.5. The van der Waals surface area contributed by atoms with E-state index in [1.54, 1.807) is 36.4 Å². The van der Waals surface area contributed by atoms with Gasteiger partial charge in [-0.05, 0) is 0 Å². The van der Waals surface area contributed by atoms with Crippen molar-refractivity contribution in [1.82, 2.24) is 0 Å². The number of nitriles is 1. The number of nitro benzene ring substituents is 1. The molecule has 2 aromatic carbocycles. The molecule has 0 amide bonds. The molecule has 2 aromatic rings. The van der Waals surface area contributed by atoms with E-state index in [2.05, 4.69) is 36.3 Å². The number of amidine groups is 1. The van der Waals surface area contributed by atoms with Gasteiger partial charge in [0.15, 0.2) is 0 Å². The fourth-order valence-electron chi connectivity index (χ4n) is 1.82. The van der Waals surface area contributed by atoms with Crippen LogP contribution in [0, 0.1) is 21.4 Å². The maximum absolute atomic E-state index is 10.6. The molecule has 0 aliphatic carbocycles. The Labute approximate surface area is 140 Å². The van der Waals surface area contributed by atoms with E-state index >= 15 is 0 Å².